The SMILES string of the molecule is O=C(O)c1cc2c3c(c(O)c(F)cn3c1=O)-c1ccccc1O2. The zero-order chi connectivity index (χ0) is 16.3. The second-order valence-electron chi connectivity index (χ2n) is 5.05. The molecule has 0 unspecified atom stereocenters. The van der Waals surface area contributed by atoms with Crippen molar-refractivity contribution in [2.45, 2.75) is 0 Å². The van der Waals surface area contributed by atoms with Crippen LogP contribution >= 0.6 is 0 Å². The normalized spacial score (nSPS) is 11.9. The van der Waals surface area contributed by atoms with Crippen LogP contribution in [0.1, 0.15) is 10.4 Å². The Kier molecular flexibility index (Phi) is 2.51. The van der Waals surface area contributed by atoms with Gasteiger partial charge in [-0.15, -0.1) is 0 Å². The maximum atomic E-state index is 14.1. The molecule has 0 bridgehead atoms. The van der Waals surface area contributed by atoms with E-state index in [1.54, 1.807) is 24.3 Å². The summed E-state index contributed by atoms with van der Waals surface area (Å²) in [7, 11) is 0. The van der Waals surface area contributed by atoms with Crippen molar-refractivity contribution < 1.29 is 24.1 Å². The minimum atomic E-state index is -1.45. The zero-order valence-electron chi connectivity index (χ0n) is 11.4. The third-order valence-electron chi connectivity index (χ3n) is 3.75. The number of benzene rings is 1. The molecule has 4 rings (SSSR count). The summed E-state index contributed by atoms with van der Waals surface area (Å²) in [5.41, 5.74) is -0.822. The molecule has 114 valence electrons. The largest absolute Gasteiger partial charge is 0.504 e. The summed E-state index contributed by atoms with van der Waals surface area (Å²) in [4.78, 5) is 23.5. The van der Waals surface area contributed by atoms with Gasteiger partial charge in [-0.25, -0.2) is 9.18 Å². The van der Waals surface area contributed by atoms with E-state index in [1.807, 2.05) is 0 Å². The molecule has 0 atom stereocenters. The van der Waals surface area contributed by atoms with Crippen LogP contribution in [0.3, 0.4) is 0 Å². The smallest absolute Gasteiger partial charge is 0.341 e. The molecule has 1 aliphatic rings. The van der Waals surface area contributed by atoms with Crippen molar-refractivity contribution in [3.05, 3.63) is 58.3 Å². The third-order valence-corrected chi connectivity index (χ3v) is 3.75. The summed E-state index contributed by atoms with van der Waals surface area (Å²) in [5.74, 6) is -2.70. The van der Waals surface area contributed by atoms with Crippen molar-refractivity contribution >= 4 is 11.5 Å². The molecule has 0 fully saturated rings. The lowest BCUT2D eigenvalue weighted by Crippen LogP contribution is -2.23. The fourth-order valence-electron chi connectivity index (χ4n) is 2.75. The van der Waals surface area contributed by atoms with Gasteiger partial charge < -0.3 is 14.9 Å². The molecule has 0 saturated carbocycles. The fourth-order valence-corrected chi connectivity index (χ4v) is 2.75. The van der Waals surface area contributed by atoms with Gasteiger partial charge in [-0.2, -0.15) is 0 Å². The highest BCUT2D eigenvalue weighted by molar-refractivity contribution is 5.96. The van der Waals surface area contributed by atoms with Gasteiger partial charge in [0, 0.05) is 11.6 Å². The lowest BCUT2D eigenvalue weighted by atomic mass is 9.99. The lowest BCUT2D eigenvalue weighted by Gasteiger charge is -2.22. The number of aromatic nitrogens is 1. The number of nitrogens with zero attached hydrogens (tertiary/aromatic N) is 1. The van der Waals surface area contributed by atoms with E-state index >= 15 is 0 Å². The molecule has 0 spiro atoms. The van der Waals surface area contributed by atoms with E-state index in [4.69, 9.17) is 9.84 Å². The molecule has 2 N–H and O–H groups in total. The van der Waals surface area contributed by atoms with Gasteiger partial charge in [-0.1, -0.05) is 18.2 Å². The molecule has 23 heavy (non-hydrogen) atoms. The maximum absolute atomic E-state index is 14.1. The van der Waals surface area contributed by atoms with Crippen LogP contribution in [-0.2, 0) is 0 Å². The van der Waals surface area contributed by atoms with Crippen LogP contribution in [-0.4, -0.2) is 20.6 Å². The van der Waals surface area contributed by atoms with Crippen molar-refractivity contribution in [2.75, 3.05) is 0 Å². The molecule has 0 aliphatic carbocycles. The number of fused-ring (bicyclic) bond motifs is 2. The van der Waals surface area contributed by atoms with Crippen molar-refractivity contribution in [3.8, 4) is 28.4 Å². The summed E-state index contributed by atoms with van der Waals surface area (Å²) >= 11 is 0. The Balaban J connectivity index is 2.28. The lowest BCUT2D eigenvalue weighted by molar-refractivity contribution is 0.0694. The predicted molar refractivity (Wildman–Crippen MR) is 77.8 cm³/mol. The standard InChI is InChI=1S/C16H8FNO5/c17-9-6-18-13-11(5-8(15(18)20)16(21)22)23-10-4-2-1-3-7(10)12(13)14(9)19/h1-6,19H,(H,21,22). The number of hydrogen-bond acceptors (Lipinski definition) is 4. The van der Waals surface area contributed by atoms with E-state index in [1.165, 1.54) is 0 Å². The van der Waals surface area contributed by atoms with Gasteiger partial charge in [0.2, 0.25) is 0 Å². The average molecular weight is 313 g/mol. The van der Waals surface area contributed by atoms with E-state index in [9.17, 15) is 19.1 Å². The van der Waals surface area contributed by atoms with E-state index in [0.29, 0.717) is 11.3 Å². The first kappa shape index (κ1) is 13.3. The summed E-state index contributed by atoms with van der Waals surface area (Å²) in [6, 6.07) is 7.66. The van der Waals surface area contributed by atoms with Gasteiger partial charge in [0.1, 0.15) is 16.8 Å². The van der Waals surface area contributed by atoms with Crippen LogP contribution in [0.5, 0.6) is 17.2 Å². The molecular formula is C16H8FNO5. The Bertz CT molecular complexity index is 1070. The number of hydrogen-bond donors (Lipinski definition) is 2. The Morgan fingerprint density at radius 2 is 1.96 bits per heavy atom. The Morgan fingerprint density at radius 3 is 2.70 bits per heavy atom. The van der Waals surface area contributed by atoms with Gasteiger partial charge in [0.05, 0.1) is 11.8 Å². The highest BCUT2D eigenvalue weighted by Crippen LogP contribution is 2.48. The van der Waals surface area contributed by atoms with Gasteiger partial charge >= 0.3 is 5.97 Å². The van der Waals surface area contributed by atoms with Crippen molar-refractivity contribution in [1.29, 1.82) is 0 Å². The molecule has 6 nitrogen and oxygen atoms in total. The molecular weight excluding hydrogens is 305 g/mol. The predicted octanol–water partition coefficient (Wildman–Crippen LogP) is 2.62. The molecule has 1 aromatic carbocycles. The van der Waals surface area contributed by atoms with Gasteiger partial charge in [-0.05, 0) is 6.07 Å². The van der Waals surface area contributed by atoms with Crippen LogP contribution in [0.2, 0.25) is 0 Å². The Labute approximate surface area is 127 Å². The second-order valence-corrected chi connectivity index (χ2v) is 5.05. The number of carbonyl (C=O) groups is 1. The van der Waals surface area contributed by atoms with Crippen molar-refractivity contribution in [1.82, 2.24) is 4.40 Å². The molecule has 0 saturated heterocycles. The van der Waals surface area contributed by atoms with Crippen LogP contribution in [0.15, 0.2) is 41.3 Å². The van der Waals surface area contributed by atoms with Gasteiger partial charge in [-0.3, -0.25) is 9.20 Å². The maximum Gasteiger partial charge on any atom is 0.341 e. The number of carboxylic acid groups (broad SMARTS) is 1. The summed E-state index contributed by atoms with van der Waals surface area (Å²) < 4.78 is 20.5. The number of para-hydroxylation sites is 1. The highest BCUT2D eigenvalue weighted by Gasteiger charge is 2.28. The number of aromatic carboxylic acids is 1. The highest BCUT2D eigenvalue weighted by atomic mass is 19.1. The minimum Gasteiger partial charge on any atom is -0.504 e. The summed E-state index contributed by atoms with van der Waals surface area (Å²) in [6.07, 6.45) is 0.754. The summed E-state index contributed by atoms with van der Waals surface area (Å²) in [6.45, 7) is 0. The minimum absolute atomic E-state index is 0.0611. The van der Waals surface area contributed by atoms with E-state index in [-0.39, 0.29) is 16.8 Å². The zero-order valence-corrected chi connectivity index (χ0v) is 11.4. The molecule has 2 aromatic heterocycles. The average Bonchev–Trinajstić information content (AvgIpc) is 2.53. The topological polar surface area (TPSA) is 88.2 Å². The Morgan fingerprint density at radius 1 is 1.22 bits per heavy atom. The molecule has 1 aliphatic heterocycles. The van der Waals surface area contributed by atoms with Gasteiger partial charge in [0.25, 0.3) is 5.56 Å². The first-order valence-electron chi connectivity index (χ1n) is 6.60. The molecule has 0 radical (unpaired) electrons. The number of aromatic hydroxyl groups is 1. The number of carboxylic acids is 1. The molecule has 0 amide bonds. The van der Waals surface area contributed by atoms with Crippen LogP contribution in [0.4, 0.5) is 4.39 Å². The molecule has 3 heterocycles. The fraction of sp³-hybridized carbons (Fsp3) is 0. The first-order valence-corrected chi connectivity index (χ1v) is 6.60. The number of ether oxygens (including phenoxy) is 1. The molecule has 7 heteroatoms. The first-order chi connectivity index (χ1) is 11.0. The van der Waals surface area contributed by atoms with Crippen LogP contribution in [0.25, 0.3) is 16.6 Å². The van der Waals surface area contributed by atoms with Crippen LogP contribution < -0.4 is 10.3 Å². The number of pyridine rings is 2. The monoisotopic (exact) mass is 313 g/mol. The quantitative estimate of drug-likeness (QED) is 0.564. The van der Waals surface area contributed by atoms with Crippen LogP contribution in [0, 0.1) is 5.82 Å². The van der Waals surface area contributed by atoms with E-state index < -0.39 is 28.7 Å². The van der Waals surface area contributed by atoms with Crippen molar-refractivity contribution in [3.63, 3.8) is 0 Å². The number of halogens is 1. The summed E-state index contributed by atoms with van der Waals surface area (Å²) in [5, 5.41) is 19.2. The number of rotatable bonds is 1. The van der Waals surface area contributed by atoms with Gasteiger partial charge in [0.15, 0.2) is 17.3 Å². The van der Waals surface area contributed by atoms with E-state index in [2.05, 4.69) is 0 Å². The van der Waals surface area contributed by atoms with Crippen molar-refractivity contribution in [2.24, 2.45) is 0 Å². The second kappa shape index (κ2) is 4.33. The molecule has 3 aromatic rings. The van der Waals surface area contributed by atoms with E-state index in [0.717, 1.165) is 16.7 Å². The third kappa shape index (κ3) is 1.67. The Hall–Kier alpha value is -3.35.